The number of methoxy groups -OCH3 is 1. The van der Waals surface area contributed by atoms with Crippen LogP contribution < -0.4 is 15.4 Å². The van der Waals surface area contributed by atoms with Gasteiger partial charge in [-0.05, 0) is 67.0 Å². The number of carbonyl (C=O) groups excluding carboxylic acids is 1. The van der Waals surface area contributed by atoms with Crippen LogP contribution in [-0.4, -0.2) is 36.1 Å². The third-order valence-corrected chi connectivity index (χ3v) is 4.57. The van der Waals surface area contributed by atoms with Gasteiger partial charge in [-0.25, -0.2) is 0 Å². The van der Waals surface area contributed by atoms with Crippen LogP contribution in [0, 0.1) is 0 Å². The van der Waals surface area contributed by atoms with Crippen LogP contribution in [0.25, 0.3) is 0 Å². The van der Waals surface area contributed by atoms with Gasteiger partial charge in [0.2, 0.25) is 5.91 Å². The molecule has 144 valence electrons. The molecule has 0 fully saturated rings. The summed E-state index contributed by atoms with van der Waals surface area (Å²) in [4.78, 5) is 14.2. The van der Waals surface area contributed by atoms with E-state index in [0.717, 1.165) is 17.1 Å². The highest BCUT2D eigenvalue weighted by Crippen LogP contribution is 2.18. The Kier molecular flexibility index (Phi) is 7.61. The Labute approximate surface area is 166 Å². The number of carbonyl (C=O) groups is 1. The molecular formula is C21H27N3O2S. The van der Waals surface area contributed by atoms with Gasteiger partial charge in [0.05, 0.1) is 13.7 Å². The van der Waals surface area contributed by atoms with Crippen LogP contribution in [0.4, 0.5) is 11.4 Å². The molecule has 27 heavy (non-hydrogen) atoms. The predicted molar refractivity (Wildman–Crippen MR) is 116 cm³/mol. The maximum Gasteiger partial charge on any atom is 0.243 e. The molecule has 0 spiro atoms. The molecule has 2 N–H and O–H groups in total. The summed E-state index contributed by atoms with van der Waals surface area (Å²) in [5.41, 5.74) is 2.91. The predicted octanol–water partition coefficient (Wildman–Crippen LogP) is 4.48. The number of rotatable bonds is 7. The zero-order valence-corrected chi connectivity index (χ0v) is 17.1. The summed E-state index contributed by atoms with van der Waals surface area (Å²) in [5, 5.41) is 6.60. The van der Waals surface area contributed by atoms with E-state index in [2.05, 4.69) is 36.6 Å². The summed E-state index contributed by atoms with van der Waals surface area (Å²) in [6, 6.07) is 15.4. The molecule has 0 aliphatic carbocycles. The van der Waals surface area contributed by atoms with Gasteiger partial charge in [-0.2, -0.15) is 0 Å². The molecule has 0 bridgehead atoms. The van der Waals surface area contributed by atoms with Crippen LogP contribution in [0.2, 0.25) is 0 Å². The van der Waals surface area contributed by atoms with E-state index < -0.39 is 0 Å². The number of nitrogens with zero attached hydrogens (tertiary/aromatic N) is 1. The van der Waals surface area contributed by atoms with Gasteiger partial charge in [-0.15, -0.1) is 0 Å². The number of thiocarbonyl (C=S) groups is 1. The van der Waals surface area contributed by atoms with Crippen LogP contribution >= 0.6 is 12.2 Å². The summed E-state index contributed by atoms with van der Waals surface area (Å²) in [6.07, 6.45) is 0. The Balaban J connectivity index is 1.92. The molecule has 0 saturated carbocycles. The van der Waals surface area contributed by atoms with Crippen molar-refractivity contribution >= 4 is 34.6 Å². The second-order valence-corrected chi connectivity index (χ2v) is 6.88. The maximum absolute atomic E-state index is 12.3. The van der Waals surface area contributed by atoms with E-state index in [1.54, 1.807) is 31.4 Å². The molecule has 0 radical (unpaired) electrons. The summed E-state index contributed by atoms with van der Waals surface area (Å²) >= 11 is 5.48. The lowest BCUT2D eigenvalue weighted by atomic mass is 10.0. The fourth-order valence-corrected chi connectivity index (χ4v) is 2.84. The Morgan fingerprint density at radius 2 is 1.59 bits per heavy atom. The van der Waals surface area contributed by atoms with Crippen molar-refractivity contribution in [2.24, 2.45) is 0 Å². The van der Waals surface area contributed by atoms with Crippen LogP contribution in [-0.2, 0) is 4.79 Å². The maximum atomic E-state index is 12.3. The molecule has 5 nitrogen and oxygen atoms in total. The first-order chi connectivity index (χ1) is 12.9. The minimum Gasteiger partial charge on any atom is -0.497 e. The van der Waals surface area contributed by atoms with Gasteiger partial charge in [0.1, 0.15) is 5.75 Å². The summed E-state index contributed by atoms with van der Waals surface area (Å²) < 4.78 is 5.12. The summed E-state index contributed by atoms with van der Waals surface area (Å²) in [5.74, 6) is 1.11. The van der Waals surface area contributed by atoms with Crippen LogP contribution in [0.5, 0.6) is 5.75 Å². The summed E-state index contributed by atoms with van der Waals surface area (Å²) in [7, 11) is 1.61. The standard InChI is InChI=1S/C21H27N3O2S/c1-5-24(14-20(25)22-17-10-12-19(26-4)13-11-17)21(27)23-18-8-6-16(7-9-18)15(2)3/h6-13,15H,5,14H2,1-4H3,(H,22,25)(H,23,27). The molecule has 2 rings (SSSR count). The van der Waals surface area contributed by atoms with Crippen molar-refractivity contribution in [1.29, 1.82) is 0 Å². The highest BCUT2D eigenvalue weighted by atomic mass is 32.1. The van der Waals surface area contributed by atoms with Crippen molar-refractivity contribution in [2.75, 3.05) is 30.8 Å². The number of nitrogens with one attached hydrogen (secondary N) is 2. The van der Waals surface area contributed by atoms with Crippen molar-refractivity contribution in [1.82, 2.24) is 4.90 Å². The van der Waals surface area contributed by atoms with Gasteiger partial charge in [-0.3, -0.25) is 4.79 Å². The van der Waals surface area contributed by atoms with Crippen LogP contribution in [0.1, 0.15) is 32.3 Å². The summed E-state index contributed by atoms with van der Waals surface area (Å²) in [6.45, 7) is 7.10. The van der Waals surface area contributed by atoms with Crippen LogP contribution in [0.3, 0.4) is 0 Å². The molecule has 0 atom stereocenters. The normalized spacial score (nSPS) is 10.4. The average Bonchev–Trinajstić information content (AvgIpc) is 2.67. The van der Waals surface area contributed by atoms with Crippen molar-refractivity contribution in [2.45, 2.75) is 26.7 Å². The number of hydrogen-bond donors (Lipinski definition) is 2. The van der Waals surface area contributed by atoms with Crippen molar-refractivity contribution in [3.8, 4) is 5.75 Å². The first kappa shape index (κ1) is 20.7. The minimum atomic E-state index is -0.124. The third-order valence-electron chi connectivity index (χ3n) is 4.21. The van der Waals surface area contributed by atoms with Gasteiger partial charge in [0.25, 0.3) is 0 Å². The lowest BCUT2D eigenvalue weighted by molar-refractivity contribution is -0.116. The quantitative estimate of drug-likeness (QED) is 0.689. The van der Waals surface area contributed by atoms with E-state index in [9.17, 15) is 4.79 Å². The SMILES string of the molecule is CCN(CC(=O)Nc1ccc(OC)cc1)C(=S)Nc1ccc(C(C)C)cc1. The van der Waals surface area contributed by atoms with E-state index in [0.29, 0.717) is 17.6 Å². The molecular weight excluding hydrogens is 358 g/mol. The number of amides is 1. The number of ether oxygens (including phenoxy) is 1. The van der Waals surface area contributed by atoms with Crippen molar-refractivity contribution < 1.29 is 9.53 Å². The zero-order chi connectivity index (χ0) is 19.8. The molecule has 2 aromatic rings. The van der Waals surface area contributed by atoms with E-state index in [1.165, 1.54) is 5.56 Å². The van der Waals surface area contributed by atoms with E-state index in [-0.39, 0.29) is 12.5 Å². The van der Waals surface area contributed by atoms with Crippen molar-refractivity contribution in [3.05, 3.63) is 54.1 Å². The Hall–Kier alpha value is -2.60. The highest BCUT2D eigenvalue weighted by molar-refractivity contribution is 7.80. The number of anilines is 2. The Morgan fingerprint density at radius 1 is 1.04 bits per heavy atom. The van der Waals surface area contributed by atoms with Gasteiger partial charge in [0.15, 0.2) is 5.11 Å². The van der Waals surface area contributed by atoms with E-state index in [4.69, 9.17) is 17.0 Å². The molecule has 1 amide bonds. The van der Waals surface area contributed by atoms with Crippen molar-refractivity contribution in [3.63, 3.8) is 0 Å². The Bertz CT molecular complexity index is 758. The second-order valence-electron chi connectivity index (χ2n) is 6.50. The first-order valence-electron chi connectivity index (χ1n) is 9.02. The van der Waals surface area contributed by atoms with Gasteiger partial charge in [-0.1, -0.05) is 26.0 Å². The molecule has 0 saturated heterocycles. The molecule has 6 heteroatoms. The second kappa shape index (κ2) is 9.92. The monoisotopic (exact) mass is 385 g/mol. The zero-order valence-electron chi connectivity index (χ0n) is 16.3. The minimum absolute atomic E-state index is 0.124. The lowest BCUT2D eigenvalue weighted by Crippen LogP contribution is -2.40. The Morgan fingerprint density at radius 3 is 2.11 bits per heavy atom. The molecule has 0 aromatic heterocycles. The van der Waals surface area contributed by atoms with Crippen LogP contribution in [0.15, 0.2) is 48.5 Å². The van der Waals surface area contributed by atoms with E-state index >= 15 is 0 Å². The molecule has 0 unspecified atom stereocenters. The van der Waals surface area contributed by atoms with E-state index in [1.807, 2.05) is 24.0 Å². The number of benzene rings is 2. The fraction of sp³-hybridized carbons (Fsp3) is 0.333. The smallest absolute Gasteiger partial charge is 0.243 e. The molecule has 2 aromatic carbocycles. The fourth-order valence-electron chi connectivity index (χ4n) is 2.53. The average molecular weight is 386 g/mol. The number of hydrogen-bond acceptors (Lipinski definition) is 3. The first-order valence-corrected chi connectivity index (χ1v) is 9.43. The molecule has 0 aliphatic rings. The topological polar surface area (TPSA) is 53.6 Å². The van der Waals surface area contributed by atoms with Gasteiger partial charge < -0.3 is 20.3 Å². The molecule has 0 aliphatic heterocycles. The third kappa shape index (κ3) is 6.25. The van der Waals surface area contributed by atoms with Gasteiger partial charge in [0, 0.05) is 17.9 Å². The lowest BCUT2D eigenvalue weighted by Gasteiger charge is -2.24. The highest BCUT2D eigenvalue weighted by Gasteiger charge is 2.13. The van der Waals surface area contributed by atoms with Gasteiger partial charge >= 0.3 is 0 Å². The molecule has 0 heterocycles. The largest absolute Gasteiger partial charge is 0.497 e. The number of likely N-dealkylation sites (N-methyl/N-ethyl adjacent to an activating group) is 1.